The second-order valence-corrected chi connectivity index (χ2v) is 7.90. The van der Waals surface area contributed by atoms with Crippen molar-refractivity contribution in [3.8, 4) is 5.75 Å². The summed E-state index contributed by atoms with van der Waals surface area (Å²) < 4.78 is 5.30. The number of nitrogens with one attached hydrogen (secondary N) is 3. The molecule has 0 saturated heterocycles. The van der Waals surface area contributed by atoms with Crippen LogP contribution in [-0.4, -0.2) is 23.9 Å². The lowest BCUT2D eigenvalue weighted by atomic mass is 9.89. The Hall–Kier alpha value is -3.28. The van der Waals surface area contributed by atoms with E-state index in [0.29, 0.717) is 18.0 Å². The number of carbonyl (C=O) groups is 2. The monoisotopic (exact) mass is 405 g/mol. The third kappa shape index (κ3) is 3.54. The molecule has 1 atom stereocenters. The maximum absolute atomic E-state index is 13.1. The molecule has 1 aliphatic rings. The first-order valence-electron chi connectivity index (χ1n) is 10.3. The van der Waals surface area contributed by atoms with Crippen molar-refractivity contribution in [2.45, 2.75) is 46.1 Å². The Morgan fingerprint density at radius 3 is 2.77 bits per heavy atom. The lowest BCUT2D eigenvalue weighted by Crippen LogP contribution is -2.34. The van der Waals surface area contributed by atoms with Crippen LogP contribution in [0, 0.1) is 13.8 Å². The van der Waals surface area contributed by atoms with Gasteiger partial charge < -0.3 is 20.4 Å². The first-order valence-corrected chi connectivity index (χ1v) is 10.3. The predicted molar refractivity (Wildman–Crippen MR) is 118 cm³/mol. The summed E-state index contributed by atoms with van der Waals surface area (Å²) in [5.74, 6) is -0.191. The van der Waals surface area contributed by atoms with E-state index >= 15 is 0 Å². The number of rotatable bonds is 5. The number of anilines is 1. The van der Waals surface area contributed by atoms with E-state index in [1.54, 1.807) is 19.2 Å². The first-order chi connectivity index (χ1) is 14.4. The number of carbonyl (C=O) groups excluding carboxylic acids is 2. The Morgan fingerprint density at radius 2 is 2.03 bits per heavy atom. The van der Waals surface area contributed by atoms with Gasteiger partial charge in [0.2, 0.25) is 11.8 Å². The van der Waals surface area contributed by atoms with Crippen LogP contribution >= 0.6 is 0 Å². The molecule has 1 aromatic heterocycles. The van der Waals surface area contributed by atoms with Gasteiger partial charge in [-0.2, -0.15) is 0 Å². The minimum atomic E-state index is -0.541. The van der Waals surface area contributed by atoms with Gasteiger partial charge in [-0.05, 0) is 61.2 Å². The van der Waals surface area contributed by atoms with Crippen LogP contribution in [0.25, 0.3) is 10.9 Å². The smallest absolute Gasteiger partial charge is 0.228 e. The molecule has 2 aromatic carbocycles. The highest BCUT2D eigenvalue weighted by atomic mass is 16.5. The molecule has 1 aliphatic heterocycles. The fourth-order valence-electron chi connectivity index (χ4n) is 4.31. The van der Waals surface area contributed by atoms with E-state index in [-0.39, 0.29) is 18.2 Å². The van der Waals surface area contributed by atoms with E-state index in [0.717, 1.165) is 28.6 Å². The standard InChI is InChI=1S/C24H27N3O3/c1-5-20-14(3)17-9-13(2)8-15(23(17)27-20)12-25-24(29)19-11-22(28)26-21-7-6-16(30-4)10-18(19)21/h6-10,19,27H,5,11-12H2,1-4H3,(H,25,29)(H,26,28)/t19-/m1/s1. The topological polar surface area (TPSA) is 83.2 Å². The number of ether oxygens (including phenoxy) is 1. The van der Waals surface area contributed by atoms with Gasteiger partial charge in [-0.15, -0.1) is 0 Å². The van der Waals surface area contributed by atoms with Crippen LogP contribution in [0.2, 0.25) is 0 Å². The average molecular weight is 405 g/mol. The molecule has 3 aromatic rings. The zero-order valence-corrected chi connectivity index (χ0v) is 17.8. The van der Waals surface area contributed by atoms with E-state index in [1.165, 1.54) is 16.6 Å². The van der Waals surface area contributed by atoms with Gasteiger partial charge in [0.05, 0.1) is 18.5 Å². The SMILES string of the molecule is CCc1[nH]c2c(CNC(=O)[C@@H]3CC(=O)Nc4ccc(OC)cc43)cc(C)cc2c1C. The van der Waals surface area contributed by atoms with E-state index in [1.807, 2.05) is 6.07 Å². The molecule has 6 nitrogen and oxygen atoms in total. The molecule has 0 unspecified atom stereocenters. The highest BCUT2D eigenvalue weighted by molar-refractivity contribution is 6.01. The summed E-state index contributed by atoms with van der Waals surface area (Å²) in [6.07, 6.45) is 1.05. The summed E-state index contributed by atoms with van der Waals surface area (Å²) in [5.41, 5.74) is 7.19. The number of methoxy groups -OCH3 is 1. The third-order valence-electron chi connectivity index (χ3n) is 5.92. The number of H-pyrrole nitrogens is 1. The van der Waals surface area contributed by atoms with Crippen LogP contribution in [0.3, 0.4) is 0 Å². The van der Waals surface area contributed by atoms with Crippen LogP contribution in [0.4, 0.5) is 5.69 Å². The van der Waals surface area contributed by atoms with Gasteiger partial charge in [-0.3, -0.25) is 9.59 Å². The van der Waals surface area contributed by atoms with Crippen LogP contribution in [0.1, 0.15) is 47.2 Å². The summed E-state index contributed by atoms with van der Waals surface area (Å²) in [6, 6.07) is 9.67. The molecule has 2 heterocycles. The number of aromatic nitrogens is 1. The van der Waals surface area contributed by atoms with Crippen molar-refractivity contribution in [1.82, 2.24) is 10.3 Å². The summed E-state index contributed by atoms with van der Waals surface area (Å²) >= 11 is 0. The van der Waals surface area contributed by atoms with Crippen molar-refractivity contribution >= 4 is 28.4 Å². The summed E-state index contributed by atoms with van der Waals surface area (Å²) in [5, 5.41) is 7.09. The van der Waals surface area contributed by atoms with Gasteiger partial charge in [-0.1, -0.05) is 18.6 Å². The van der Waals surface area contributed by atoms with Gasteiger partial charge in [0.1, 0.15) is 5.75 Å². The molecule has 2 amide bonds. The Kier molecular flexibility index (Phi) is 5.24. The molecule has 3 N–H and O–H groups in total. The Balaban J connectivity index is 1.61. The number of aromatic amines is 1. The van der Waals surface area contributed by atoms with Crippen molar-refractivity contribution in [3.63, 3.8) is 0 Å². The number of amides is 2. The van der Waals surface area contributed by atoms with Crippen molar-refractivity contribution in [3.05, 3.63) is 58.3 Å². The van der Waals surface area contributed by atoms with Crippen LogP contribution < -0.4 is 15.4 Å². The molecule has 30 heavy (non-hydrogen) atoms. The van der Waals surface area contributed by atoms with E-state index in [4.69, 9.17) is 4.74 Å². The van der Waals surface area contributed by atoms with Crippen molar-refractivity contribution in [2.24, 2.45) is 0 Å². The zero-order valence-electron chi connectivity index (χ0n) is 17.8. The third-order valence-corrected chi connectivity index (χ3v) is 5.92. The van der Waals surface area contributed by atoms with Gasteiger partial charge in [0.25, 0.3) is 0 Å². The van der Waals surface area contributed by atoms with Crippen LogP contribution in [-0.2, 0) is 22.6 Å². The second-order valence-electron chi connectivity index (χ2n) is 7.90. The number of hydrogen-bond acceptors (Lipinski definition) is 3. The highest BCUT2D eigenvalue weighted by Gasteiger charge is 2.31. The van der Waals surface area contributed by atoms with Gasteiger partial charge >= 0.3 is 0 Å². The van der Waals surface area contributed by atoms with Crippen LogP contribution in [0.15, 0.2) is 30.3 Å². The Bertz CT molecular complexity index is 1150. The lowest BCUT2D eigenvalue weighted by Gasteiger charge is -2.25. The maximum Gasteiger partial charge on any atom is 0.228 e. The molecule has 0 saturated carbocycles. The normalized spacial score (nSPS) is 15.6. The van der Waals surface area contributed by atoms with E-state index in [2.05, 4.69) is 48.5 Å². The molecule has 0 bridgehead atoms. The molecular formula is C24H27N3O3. The molecule has 156 valence electrons. The fraction of sp³-hybridized carbons (Fsp3) is 0.333. The van der Waals surface area contributed by atoms with Crippen LogP contribution in [0.5, 0.6) is 5.75 Å². The summed E-state index contributed by atoms with van der Waals surface area (Å²) in [6.45, 7) is 6.73. The van der Waals surface area contributed by atoms with E-state index in [9.17, 15) is 9.59 Å². The molecule has 4 rings (SSSR count). The van der Waals surface area contributed by atoms with Crippen molar-refractivity contribution in [1.29, 1.82) is 0 Å². The molecule has 0 spiro atoms. The summed E-state index contributed by atoms with van der Waals surface area (Å²) in [7, 11) is 1.59. The molecule has 6 heteroatoms. The van der Waals surface area contributed by atoms with E-state index < -0.39 is 5.92 Å². The zero-order chi connectivity index (χ0) is 21.4. The molecule has 0 radical (unpaired) electrons. The maximum atomic E-state index is 13.1. The highest BCUT2D eigenvalue weighted by Crippen LogP contribution is 2.35. The summed E-state index contributed by atoms with van der Waals surface area (Å²) in [4.78, 5) is 28.7. The molecule has 0 aliphatic carbocycles. The number of hydrogen-bond donors (Lipinski definition) is 3. The van der Waals surface area contributed by atoms with Gasteiger partial charge in [0, 0.05) is 29.7 Å². The van der Waals surface area contributed by atoms with Crippen molar-refractivity contribution < 1.29 is 14.3 Å². The Morgan fingerprint density at radius 1 is 1.23 bits per heavy atom. The number of aryl methyl sites for hydroxylation is 3. The predicted octanol–water partition coefficient (Wildman–Crippen LogP) is 4.10. The minimum absolute atomic E-state index is 0.122. The fourth-order valence-corrected chi connectivity index (χ4v) is 4.31. The first kappa shape index (κ1) is 20.0. The van der Waals surface area contributed by atoms with Gasteiger partial charge in [0.15, 0.2) is 0 Å². The average Bonchev–Trinajstić information content (AvgIpc) is 3.06. The second kappa shape index (κ2) is 7.86. The largest absolute Gasteiger partial charge is 0.497 e. The molecular weight excluding hydrogens is 378 g/mol. The lowest BCUT2D eigenvalue weighted by molar-refractivity contribution is -0.126. The minimum Gasteiger partial charge on any atom is -0.497 e. The van der Waals surface area contributed by atoms with Gasteiger partial charge in [-0.25, -0.2) is 0 Å². The molecule has 0 fully saturated rings. The Labute approximate surface area is 176 Å². The van der Waals surface area contributed by atoms with Crippen molar-refractivity contribution in [2.75, 3.05) is 12.4 Å². The number of benzene rings is 2. The quantitative estimate of drug-likeness (QED) is 0.598. The number of fused-ring (bicyclic) bond motifs is 2.